The highest BCUT2D eigenvalue weighted by molar-refractivity contribution is 5.92. The van der Waals surface area contributed by atoms with Gasteiger partial charge in [0.05, 0.1) is 6.42 Å². The van der Waals surface area contributed by atoms with Gasteiger partial charge in [-0.25, -0.2) is 9.59 Å². The average Bonchev–Trinajstić information content (AvgIpc) is 3.31. The number of rotatable bonds is 12. The molecule has 1 aliphatic rings. The lowest BCUT2D eigenvalue weighted by molar-refractivity contribution is -0.156. The van der Waals surface area contributed by atoms with Crippen molar-refractivity contribution in [1.29, 1.82) is 0 Å². The van der Waals surface area contributed by atoms with Gasteiger partial charge in [0.15, 0.2) is 0 Å². The molecular formula is C36H42N2O7. The molecule has 4 rings (SSSR count). The van der Waals surface area contributed by atoms with Gasteiger partial charge in [-0.3, -0.25) is 9.59 Å². The summed E-state index contributed by atoms with van der Waals surface area (Å²) in [6, 6.07) is 22.8. The van der Waals surface area contributed by atoms with Gasteiger partial charge in [-0.05, 0) is 60.9 Å². The van der Waals surface area contributed by atoms with Crippen LogP contribution in [0.15, 0.2) is 78.9 Å². The van der Waals surface area contributed by atoms with E-state index in [1.54, 1.807) is 20.8 Å². The van der Waals surface area contributed by atoms with Gasteiger partial charge in [-0.15, -0.1) is 0 Å². The van der Waals surface area contributed by atoms with Crippen molar-refractivity contribution < 1.29 is 33.4 Å². The second-order valence-corrected chi connectivity index (χ2v) is 12.6. The first-order valence-corrected chi connectivity index (χ1v) is 15.3. The van der Waals surface area contributed by atoms with E-state index in [0.717, 1.165) is 27.8 Å². The Hall–Kier alpha value is -4.66. The zero-order chi connectivity index (χ0) is 32.6. The second-order valence-electron chi connectivity index (χ2n) is 12.6. The number of alkyl carbamates (subject to hydrolysis) is 1. The molecule has 1 unspecified atom stereocenters. The standard InChI is InChI=1S/C36H42N2O7/c1-23(2)19-31(34(41)43-21-24-13-7-6-8-14-24)37-33(40)30(20-32(39)45-36(3,4)5)38-35(42)44-22-29-27-17-11-9-15-25(27)26-16-10-12-18-28(26)29/h6-18,23,29-31H,19-22H2,1-5H3,(H,37,40)(H,38,42)/t30-,31?/m0/s1. The molecule has 0 radical (unpaired) electrons. The quantitative estimate of drug-likeness (QED) is 0.193. The first-order valence-electron chi connectivity index (χ1n) is 15.3. The third-order valence-corrected chi connectivity index (χ3v) is 7.28. The molecule has 3 aromatic rings. The van der Waals surface area contributed by atoms with Gasteiger partial charge in [0.1, 0.15) is 30.9 Å². The van der Waals surface area contributed by atoms with Crippen LogP contribution < -0.4 is 10.6 Å². The number of carbonyl (C=O) groups excluding carboxylic acids is 4. The van der Waals surface area contributed by atoms with Crippen molar-refractivity contribution in [1.82, 2.24) is 10.6 Å². The Morgan fingerprint density at radius 1 is 0.756 bits per heavy atom. The number of amides is 2. The third-order valence-electron chi connectivity index (χ3n) is 7.28. The molecular weight excluding hydrogens is 572 g/mol. The summed E-state index contributed by atoms with van der Waals surface area (Å²) in [4.78, 5) is 52.5. The van der Waals surface area contributed by atoms with Crippen molar-refractivity contribution in [3.8, 4) is 11.1 Å². The molecule has 0 spiro atoms. The van der Waals surface area contributed by atoms with E-state index in [-0.39, 0.29) is 25.0 Å². The summed E-state index contributed by atoms with van der Waals surface area (Å²) in [6.07, 6.45) is -1.03. The number of benzene rings is 3. The molecule has 238 valence electrons. The number of carbonyl (C=O) groups is 4. The fourth-order valence-corrected chi connectivity index (χ4v) is 5.33. The largest absolute Gasteiger partial charge is 0.460 e. The third kappa shape index (κ3) is 9.41. The summed E-state index contributed by atoms with van der Waals surface area (Å²) in [7, 11) is 0. The number of fused-ring (bicyclic) bond motifs is 3. The molecule has 0 fully saturated rings. The van der Waals surface area contributed by atoms with Gasteiger partial charge < -0.3 is 24.8 Å². The first kappa shape index (κ1) is 33.2. The highest BCUT2D eigenvalue weighted by atomic mass is 16.6. The van der Waals surface area contributed by atoms with E-state index in [1.165, 1.54) is 0 Å². The fraction of sp³-hybridized carbons (Fsp3) is 0.389. The molecule has 3 aromatic carbocycles. The lowest BCUT2D eigenvalue weighted by Gasteiger charge is -2.25. The zero-order valence-corrected chi connectivity index (χ0v) is 26.5. The maximum absolute atomic E-state index is 13.5. The van der Waals surface area contributed by atoms with Crippen LogP contribution in [-0.4, -0.2) is 48.2 Å². The number of hydrogen-bond donors (Lipinski definition) is 2. The van der Waals surface area contributed by atoms with Gasteiger partial charge in [0.2, 0.25) is 5.91 Å². The minimum Gasteiger partial charge on any atom is -0.460 e. The Kier molecular flexibility index (Phi) is 11.0. The molecule has 2 atom stereocenters. The van der Waals surface area contributed by atoms with Crippen LogP contribution >= 0.6 is 0 Å². The van der Waals surface area contributed by atoms with Gasteiger partial charge in [-0.2, -0.15) is 0 Å². The monoisotopic (exact) mass is 614 g/mol. The number of ether oxygens (including phenoxy) is 3. The molecule has 0 saturated heterocycles. The van der Waals surface area contributed by atoms with E-state index in [0.29, 0.717) is 6.42 Å². The van der Waals surface area contributed by atoms with Crippen LogP contribution in [0.2, 0.25) is 0 Å². The van der Waals surface area contributed by atoms with E-state index in [2.05, 4.69) is 10.6 Å². The molecule has 0 aliphatic heterocycles. The predicted octanol–water partition coefficient (Wildman–Crippen LogP) is 5.90. The second kappa shape index (κ2) is 14.9. The number of esters is 2. The van der Waals surface area contributed by atoms with Crippen molar-refractivity contribution in [2.75, 3.05) is 6.61 Å². The van der Waals surface area contributed by atoms with Crippen LogP contribution in [0.5, 0.6) is 0 Å². The lowest BCUT2D eigenvalue weighted by Crippen LogP contribution is -2.53. The predicted molar refractivity (Wildman–Crippen MR) is 170 cm³/mol. The smallest absolute Gasteiger partial charge is 0.407 e. The summed E-state index contributed by atoms with van der Waals surface area (Å²) in [5.41, 5.74) is 4.25. The summed E-state index contributed by atoms with van der Waals surface area (Å²) in [6.45, 7) is 9.03. The molecule has 1 aliphatic carbocycles. The van der Waals surface area contributed by atoms with Gasteiger partial charge in [0.25, 0.3) is 0 Å². The SMILES string of the molecule is CC(C)CC(NC(=O)[C@H](CC(=O)OC(C)(C)C)NC(=O)OCC1c2ccccc2-c2ccccc21)C(=O)OCc1ccccc1. The molecule has 0 aromatic heterocycles. The maximum Gasteiger partial charge on any atom is 0.407 e. The lowest BCUT2D eigenvalue weighted by atomic mass is 9.98. The van der Waals surface area contributed by atoms with Crippen molar-refractivity contribution in [3.05, 3.63) is 95.6 Å². The van der Waals surface area contributed by atoms with E-state index in [9.17, 15) is 19.2 Å². The van der Waals surface area contributed by atoms with Crippen molar-refractivity contribution in [2.24, 2.45) is 5.92 Å². The van der Waals surface area contributed by atoms with Crippen molar-refractivity contribution >= 4 is 23.9 Å². The Morgan fingerprint density at radius 2 is 1.33 bits per heavy atom. The van der Waals surface area contributed by atoms with Gasteiger partial charge in [-0.1, -0.05) is 92.7 Å². The van der Waals surface area contributed by atoms with Crippen LogP contribution in [0.3, 0.4) is 0 Å². The highest BCUT2D eigenvalue weighted by Crippen LogP contribution is 2.44. The van der Waals surface area contributed by atoms with Crippen molar-refractivity contribution in [2.45, 2.75) is 77.7 Å². The average molecular weight is 615 g/mol. The molecule has 9 nitrogen and oxygen atoms in total. The number of nitrogens with one attached hydrogen (secondary N) is 2. The molecule has 0 saturated carbocycles. The molecule has 0 bridgehead atoms. The minimum absolute atomic E-state index is 0.0302. The van der Waals surface area contributed by atoms with Crippen LogP contribution in [0.4, 0.5) is 4.79 Å². The van der Waals surface area contributed by atoms with E-state index in [4.69, 9.17) is 14.2 Å². The summed E-state index contributed by atoms with van der Waals surface area (Å²) < 4.78 is 16.6. The molecule has 45 heavy (non-hydrogen) atoms. The first-order chi connectivity index (χ1) is 21.4. The van der Waals surface area contributed by atoms with E-state index >= 15 is 0 Å². The zero-order valence-electron chi connectivity index (χ0n) is 26.5. The number of hydrogen-bond acceptors (Lipinski definition) is 7. The Morgan fingerprint density at radius 3 is 1.91 bits per heavy atom. The molecule has 2 amide bonds. The molecule has 9 heteroatoms. The van der Waals surface area contributed by atoms with Crippen molar-refractivity contribution in [3.63, 3.8) is 0 Å². The van der Waals surface area contributed by atoms with E-state index < -0.39 is 48.0 Å². The summed E-state index contributed by atoms with van der Waals surface area (Å²) in [5, 5.41) is 5.22. The minimum atomic E-state index is -1.35. The van der Waals surface area contributed by atoms with Gasteiger partial charge >= 0.3 is 18.0 Å². The fourth-order valence-electron chi connectivity index (χ4n) is 5.33. The van der Waals surface area contributed by atoms with E-state index in [1.807, 2.05) is 92.7 Å². The highest BCUT2D eigenvalue weighted by Gasteiger charge is 2.33. The normalized spacial score (nSPS) is 13.6. The molecule has 2 N–H and O–H groups in total. The van der Waals surface area contributed by atoms with Crippen LogP contribution in [0.1, 0.15) is 70.1 Å². The van der Waals surface area contributed by atoms with Gasteiger partial charge in [0, 0.05) is 5.92 Å². The summed E-state index contributed by atoms with van der Waals surface area (Å²) >= 11 is 0. The summed E-state index contributed by atoms with van der Waals surface area (Å²) in [5.74, 6) is -2.17. The molecule has 0 heterocycles. The maximum atomic E-state index is 13.5. The topological polar surface area (TPSA) is 120 Å². The Balaban J connectivity index is 1.45. The van der Waals surface area contributed by atoms with Crippen LogP contribution in [0, 0.1) is 5.92 Å². The van der Waals surface area contributed by atoms with Crippen LogP contribution in [0.25, 0.3) is 11.1 Å². The van der Waals surface area contributed by atoms with Crippen LogP contribution in [-0.2, 0) is 35.2 Å². The Bertz CT molecular complexity index is 1450. The Labute approximate surface area is 264 Å².